The Morgan fingerprint density at radius 3 is 2.82 bits per heavy atom. The molecule has 2 nitrogen and oxygen atoms in total. The zero-order valence-electron chi connectivity index (χ0n) is 6.69. The maximum atomic E-state index is 10.8. The first kappa shape index (κ1) is 8.60. The molecule has 1 rings (SSSR count). The van der Waals surface area contributed by atoms with Crippen LogP contribution in [0.1, 0.15) is 19.8 Å². The van der Waals surface area contributed by atoms with Crippen molar-refractivity contribution in [2.24, 2.45) is 5.92 Å². The number of hydrogen-bond acceptors (Lipinski definition) is 2. The van der Waals surface area contributed by atoms with Crippen molar-refractivity contribution >= 4 is 17.6 Å². The van der Waals surface area contributed by atoms with Crippen molar-refractivity contribution in [3.63, 3.8) is 0 Å². The van der Waals surface area contributed by atoms with Crippen molar-refractivity contribution in [2.75, 3.05) is 7.11 Å². The van der Waals surface area contributed by atoms with Gasteiger partial charge in [0, 0.05) is 0 Å². The maximum Gasteiger partial charge on any atom is 0.349 e. The maximum absolute atomic E-state index is 10.8. The van der Waals surface area contributed by atoms with Gasteiger partial charge >= 0.3 is 5.97 Å². The molecule has 0 bridgehead atoms. The van der Waals surface area contributed by atoms with Crippen LogP contribution in [-0.2, 0) is 9.53 Å². The third-order valence-corrected chi connectivity index (χ3v) is 2.34. The molecule has 0 aliphatic heterocycles. The molecule has 0 aromatic carbocycles. The summed E-state index contributed by atoms with van der Waals surface area (Å²) in [6, 6.07) is 0. The summed E-state index contributed by atoms with van der Waals surface area (Å²) in [5.74, 6) is 0.124. The Kier molecular flexibility index (Phi) is 2.55. The summed E-state index contributed by atoms with van der Waals surface area (Å²) in [6.45, 7) is 2.08. The summed E-state index contributed by atoms with van der Waals surface area (Å²) >= 11 is 5.71. The number of halogens is 1. The minimum Gasteiger partial charge on any atom is -0.465 e. The van der Waals surface area contributed by atoms with E-state index in [0.717, 1.165) is 18.4 Å². The molecule has 0 radical (unpaired) electrons. The number of esters is 1. The quantitative estimate of drug-likeness (QED) is 0.473. The normalized spacial score (nSPS) is 26.3. The van der Waals surface area contributed by atoms with Crippen LogP contribution < -0.4 is 0 Å². The summed E-state index contributed by atoms with van der Waals surface area (Å²) in [4.78, 5) is 10.8. The largest absolute Gasteiger partial charge is 0.465 e. The molecular formula is C8H11ClO2. The van der Waals surface area contributed by atoms with E-state index in [1.54, 1.807) is 0 Å². The smallest absolute Gasteiger partial charge is 0.349 e. The summed E-state index contributed by atoms with van der Waals surface area (Å²) in [5, 5.41) is 0.291. The molecule has 3 heteroatoms. The van der Waals surface area contributed by atoms with Gasteiger partial charge in [0.25, 0.3) is 0 Å². The van der Waals surface area contributed by atoms with Gasteiger partial charge in [-0.05, 0) is 24.3 Å². The van der Waals surface area contributed by atoms with Crippen molar-refractivity contribution in [1.82, 2.24) is 0 Å². The molecule has 1 saturated carbocycles. The third-order valence-electron chi connectivity index (χ3n) is 1.94. The molecule has 1 fully saturated rings. The van der Waals surface area contributed by atoms with E-state index in [9.17, 15) is 4.79 Å². The van der Waals surface area contributed by atoms with E-state index in [1.165, 1.54) is 7.11 Å². The van der Waals surface area contributed by atoms with Crippen molar-refractivity contribution in [2.45, 2.75) is 19.8 Å². The lowest BCUT2D eigenvalue weighted by molar-refractivity contribution is -0.135. The molecule has 1 atom stereocenters. The second kappa shape index (κ2) is 3.26. The van der Waals surface area contributed by atoms with Crippen LogP contribution in [0, 0.1) is 5.92 Å². The van der Waals surface area contributed by atoms with Gasteiger partial charge in [0.05, 0.1) is 7.11 Å². The van der Waals surface area contributed by atoms with Crippen molar-refractivity contribution in [3.8, 4) is 0 Å². The minimum absolute atomic E-state index is 0.291. The van der Waals surface area contributed by atoms with Crippen LogP contribution in [0.2, 0.25) is 0 Å². The lowest BCUT2D eigenvalue weighted by Crippen LogP contribution is -1.99. The van der Waals surface area contributed by atoms with Crippen LogP contribution in [0.25, 0.3) is 0 Å². The Morgan fingerprint density at radius 2 is 2.45 bits per heavy atom. The van der Waals surface area contributed by atoms with Gasteiger partial charge in [0.1, 0.15) is 5.03 Å². The molecule has 62 valence electrons. The van der Waals surface area contributed by atoms with Gasteiger partial charge in [0.15, 0.2) is 0 Å². The monoisotopic (exact) mass is 174 g/mol. The fourth-order valence-corrected chi connectivity index (χ4v) is 1.40. The van der Waals surface area contributed by atoms with E-state index in [0.29, 0.717) is 11.0 Å². The summed E-state index contributed by atoms with van der Waals surface area (Å²) in [6.07, 6.45) is 2.02. The topological polar surface area (TPSA) is 26.3 Å². The zero-order valence-corrected chi connectivity index (χ0v) is 7.44. The van der Waals surface area contributed by atoms with Crippen molar-refractivity contribution < 1.29 is 9.53 Å². The molecule has 0 spiro atoms. The number of allylic oxidation sites excluding steroid dienone is 1. The van der Waals surface area contributed by atoms with Gasteiger partial charge in [-0.1, -0.05) is 18.5 Å². The van der Waals surface area contributed by atoms with Crippen LogP contribution in [0.4, 0.5) is 0 Å². The SMILES string of the molecule is CCC1CC1=C(Cl)C(=O)OC. The van der Waals surface area contributed by atoms with E-state index in [4.69, 9.17) is 11.6 Å². The van der Waals surface area contributed by atoms with Crippen LogP contribution in [0.5, 0.6) is 0 Å². The van der Waals surface area contributed by atoms with Gasteiger partial charge in [0.2, 0.25) is 0 Å². The number of carbonyl (C=O) groups is 1. The van der Waals surface area contributed by atoms with Gasteiger partial charge in [-0.15, -0.1) is 0 Å². The first-order chi connectivity index (χ1) is 5.20. The van der Waals surface area contributed by atoms with E-state index in [1.807, 2.05) is 0 Å². The van der Waals surface area contributed by atoms with E-state index < -0.39 is 5.97 Å². The van der Waals surface area contributed by atoms with Gasteiger partial charge in [-0.2, -0.15) is 0 Å². The van der Waals surface area contributed by atoms with Gasteiger partial charge in [-0.25, -0.2) is 4.79 Å². The van der Waals surface area contributed by atoms with Crippen molar-refractivity contribution in [3.05, 3.63) is 10.6 Å². The molecule has 0 aromatic rings. The standard InChI is InChI=1S/C8H11ClO2/c1-3-5-4-6(5)7(9)8(10)11-2/h5H,3-4H2,1-2H3. The Balaban J connectivity index is 2.61. The Morgan fingerprint density at radius 1 is 1.82 bits per heavy atom. The Hall–Kier alpha value is -0.500. The van der Waals surface area contributed by atoms with E-state index in [2.05, 4.69) is 11.7 Å². The van der Waals surface area contributed by atoms with Crippen LogP contribution >= 0.6 is 11.6 Å². The molecule has 1 aliphatic carbocycles. The van der Waals surface area contributed by atoms with Gasteiger partial charge in [-0.3, -0.25) is 0 Å². The number of ether oxygens (including phenoxy) is 1. The average Bonchev–Trinajstić information content (AvgIpc) is 2.80. The highest BCUT2D eigenvalue weighted by Gasteiger charge is 2.33. The fraction of sp³-hybridized carbons (Fsp3) is 0.625. The second-order valence-electron chi connectivity index (χ2n) is 2.64. The predicted octanol–water partition coefficient (Wildman–Crippen LogP) is 2.08. The van der Waals surface area contributed by atoms with Crippen molar-refractivity contribution in [1.29, 1.82) is 0 Å². The Bertz CT molecular complexity index is 208. The van der Waals surface area contributed by atoms with E-state index >= 15 is 0 Å². The highest BCUT2D eigenvalue weighted by molar-refractivity contribution is 6.41. The van der Waals surface area contributed by atoms with Crippen LogP contribution in [0.15, 0.2) is 10.6 Å². The molecule has 0 amide bonds. The number of hydrogen-bond donors (Lipinski definition) is 0. The molecule has 1 aliphatic rings. The van der Waals surface area contributed by atoms with E-state index in [-0.39, 0.29) is 0 Å². The lowest BCUT2D eigenvalue weighted by atomic mass is 10.3. The predicted molar refractivity (Wildman–Crippen MR) is 43.3 cm³/mol. The number of carbonyl (C=O) groups excluding carboxylic acids is 1. The highest BCUT2D eigenvalue weighted by atomic mass is 35.5. The van der Waals surface area contributed by atoms with Gasteiger partial charge < -0.3 is 4.74 Å². The molecule has 11 heavy (non-hydrogen) atoms. The Labute approximate surface area is 71.2 Å². The second-order valence-corrected chi connectivity index (χ2v) is 3.02. The summed E-state index contributed by atoms with van der Waals surface area (Å²) in [5.41, 5.74) is 1.06. The molecule has 0 saturated heterocycles. The fourth-order valence-electron chi connectivity index (χ4n) is 1.09. The molecule has 0 heterocycles. The molecule has 1 unspecified atom stereocenters. The average molecular weight is 175 g/mol. The lowest BCUT2D eigenvalue weighted by Gasteiger charge is -1.94. The summed E-state index contributed by atoms with van der Waals surface area (Å²) in [7, 11) is 1.34. The summed E-state index contributed by atoms with van der Waals surface area (Å²) < 4.78 is 4.48. The number of methoxy groups -OCH3 is 1. The first-order valence-electron chi connectivity index (χ1n) is 3.67. The number of rotatable bonds is 2. The van der Waals surface area contributed by atoms with Crippen LogP contribution in [0.3, 0.4) is 0 Å². The third kappa shape index (κ3) is 1.74. The molecule has 0 N–H and O–H groups in total. The molecule has 0 aromatic heterocycles. The first-order valence-corrected chi connectivity index (χ1v) is 4.05. The molecular weight excluding hydrogens is 164 g/mol. The minimum atomic E-state index is -0.405. The highest BCUT2D eigenvalue weighted by Crippen LogP contribution is 2.43. The zero-order chi connectivity index (χ0) is 8.43. The van der Waals surface area contributed by atoms with Crippen LogP contribution in [-0.4, -0.2) is 13.1 Å².